The fourth-order valence-electron chi connectivity index (χ4n) is 2.54. The quantitative estimate of drug-likeness (QED) is 0.859. The number of rotatable bonds is 4. The molecule has 1 aromatic rings. The minimum Gasteiger partial charge on any atom is -0.444 e. The van der Waals surface area contributed by atoms with E-state index in [2.05, 4.69) is 11.5 Å². The molecule has 6 heteroatoms. The lowest BCUT2D eigenvalue weighted by molar-refractivity contribution is -0.0281. The van der Waals surface area contributed by atoms with Crippen LogP contribution in [-0.4, -0.2) is 35.2 Å². The molecule has 2 rings (SSSR count). The Morgan fingerprint density at radius 3 is 2.67 bits per heavy atom. The topological polar surface area (TPSA) is 74.6 Å². The molecule has 0 bridgehead atoms. The third-order valence-electron chi connectivity index (χ3n) is 3.69. The van der Waals surface area contributed by atoms with Crippen molar-refractivity contribution in [2.75, 3.05) is 6.54 Å². The molecule has 0 unspecified atom stereocenters. The van der Waals surface area contributed by atoms with Crippen molar-refractivity contribution in [3.8, 4) is 6.07 Å². The van der Waals surface area contributed by atoms with Gasteiger partial charge in [-0.2, -0.15) is 10.7 Å². The molecule has 1 aromatic carbocycles. The Hall–Kier alpha value is -2.10. The SMILES string of the molecule is CC(C)(C)OC(=O)N1C[C@H](NOCc2ccccc2)CC[C@H]1C#N. The monoisotopic (exact) mass is 331 g/mol. The number of amides is 1. The van der Waals surface area contributed by atoms with Gasteiger partial charge in [0.2, 0.25) is 0 Å². The third-order valence-corrected chi connectivity index (χ3v) is 3.69. The molecule has 0 radical (unpaired) electrons. The van der Waals surface area contributed by atoms with Crippen LogP contribution in [0.25, 0.3) is 0 Å². The van der Waals surface area contributed by atoms with Gasteiger partial charge in [-0.25, -0.2) is 4.79 Å². The van der Waals surface area contributed by atoms with Gasteiger partial charge in [-0.05, 0) is 39.2 Å². The molecule has 1 N–H and O–H groups in total. The molecular formula is C18H25N3O3. The van der Waals surface area contributed by atoms with Crippen LogP contribution >= 0.6 is 0 Å². The highest BCUT2D eigenvalue weighted by molar-refractivity contribution is 5.69. The highest BCUT2D eigenvalue weighted by Crippen LogP contribution is 2.20. The van der Waals surface area contributed by atoms with Crippen molar-refractivity contribution in [3.63, 3.8) is 0 Å². The third kappa shape index (κ3) is 5.52. The van der Waals surface area contributed by atoms with Crippen molar-refractivity contribution in [3.05, 3.63) is 35.9 Å². The molecule has 2 atom stereocenters. The second-order valence-corrected chi connectivity index (χ2v) is 6.94. The molecule has 6 nitrogen and oxygen atoms in total. The first-order chi connectivity index (χ1) is 11.4. The van der Waals surface area contributed by atoms with Crippen molar-refractivity contribution in [1.29, 1.82) is 5.26 Å². The number of carbonyl (C=O) groups excluding carboxylic acids is 1. The van der Waals surface area contributed by atoms with Gasteiger partial charge in [0.05, 0.1) is 18.7 Å². The van der Waals surface area contributed by atoms with E-state index in [1.807, 2.05) is 51.1 Å². The molecule has 130 valence electrons. The van der Waals surface area contributed by atoms with E-state index in [1.54, 1.807) is 0 Å². The Labute approximate surface area is 143 Å². The maximum atomic E-state index is 12.3. The van der Waals surface area contributed by atoms with Gasteiger partial charge in [0.15, 0.2) is 0 Å². The lowest BCUT2D eigenvalue weighted by Crippen LogP contribution is -2.53. The zero-order chi connectivity index (χ0) is 17.6. The van der Waals surface area contributed by atoms with Gasteiger partial charge in [0.25, 0.3) is 0 Å². The number of piperidine rings is 1. The first kappa shape index (κ1) is 18.2. The van der Waals surface area contributed by atoms with Crippen LogP contribution in [0, 0.1) is 11.3 Å². The van der Waals surface area contributed by atoms with E-state index in [0.717, 1.165) is 12.0 Å². The largest absolute Gasteiger partial charge is 0.444 e. The molecule has 0 aromatic heterocycles. The molecular weight excluding hydrogens is 306 g/mol. The number of nitrogens with one attached hydrogen (secondary N) is 1. The first-order valence-electron chi connectivity index (χ1n) is 8.19. The van der Waals surface area contributed by atoms with Gasteiger partial charge in [-0.1, -0.05) is 30.3 Å². The summed E-state index contributed by atoms with van der Waals surface area (Å²) in [5, 5.41) is 9.27. The van der Waals surface area contributed by atoms with Crippen LogP contribution in [0.4, 0.5) is 4.79 Å². The van der Waals surface area contributed by atoms with E-state index in [1.165, 1.54) is 4.90 Å². The van der Waals surface area contributed by atoms with Crippen molar-refractivity contribution >= 4 is 6.09 Å². The van der Waals surface area contributed by atoms with Gasteiger partial charge in [-0.3, -0.25) is 9.74 Å². The summed E-state index contributed by atoms with van der Waals surface area (Å²) in [6.07, 6.45) is 0.914. The van der Waals surface area contributed by atoms with E-state index in [-0.39, 0.29) is 6.04 Å². The number of likely N-dealkylation sites (tertiary alicyclic amines) is 1. The number of hydrogen-bond donors (Lipinski definition) is 1. The zero-order valence-corrected chi connectivity index (χ0v) is 14.5. The molecule has 1 heterocycles. The molecule has 0 aliphatic carbocycles. The Morgan fingerprint density at radius 1 is 1.33 bits per heavy atom. The summed E-state index contributed by atoms with van der Waals surface area (Å²) in [4.78, 5) is 19.3. The van der Waals surface area contributed by atoms with Crippen LogP contribution in [0.1, 0.15) is 39.2 Å². The molecule has 1 saturated heterocycles. The summed E-state index contributed by atoms with van der Waals surface area (Å²) in [6, 6.07) is 11.6. The fraction of sp³-hybridized carbons (Fsp3) is 0.556. The predicted molar refractivity (Wildman–Crippen MR) is 89.7 cm³/mol. The van der Waals surface area contributed by atoms with E-state index in [4.69, 9.17) is 9.57 Å². The van der Waals surface area contributed by atoms with Gasteiger partial charge >= 0.3 is 6.09 Å². The normalized spacial score (nSPS) is 21.2. The van der Waals surface area contributed by atoms with Crippen molar-refractivity contribution in [2.45, 2.75) is 57.9 Å². The Kier molecular flexibility index (Phi) is 6.18. The Bertz CT molecular complexity index is 577. The van der Waals surface area contributed by atoms with E-state index in [9.17, 15) is 10.1 Å². The van der Waals surface area contributed by atoms with Crippen LogP contribution in [0.2, 0.25) is 0 Å². The zero-order valence-electron chi connectivity index (χ0n) is 14.5. The van der Waals surface area contributed by atoms with Gasteiger partial charge in [0, 0.05) is 6.54 Å². The number of nitrogens with zero attached hydrogens (tertiary/aromatic N) is 2. The highest BCUT2D eigenvalue weighted by Gasteiger charge is 2.34. The molecule has 24 heavy (non-hydrogen) atoms. The van der Waals surface area contributed by atoms with Crippen LogP contribution < -0.4 is 5.48 Å². The summed E-state index contributed by atoms with van der Waals surface area (Å²) in [6.45, 7) is 6.28. The smallest absolute Gasteiger partial charge is 0.411 e. The van der Waals surface area contributed by atoms with E-state index in [0.29, 0.717) is 19.6 Å². The lowest BCUT2D eigenvalue weighted by Gasteiger charge is -2.37. The first-order valence-corrected chi connectivity index (χ1v) is 8.19. The van der Waals surface area contributed by atoms with Crippen LogP contribution in [0.3, 0.4) is 0 Å². The van der Waals surface area contributed by atoms with Gasteiger partial charge in [-0.15, -0.1) is 0 Å². The summed E-state index contributed by atoms with van der Waals surface area (Å²) < 4.78 is 5.40. The maximum Gasteiger partial charge on any atom is 0.411 e. The van der Waals surface area contributed by atoms with Crippen molar-refractivity contribution < 1.29 is 14.4 Å². The summed E-state index contributed by atoms with van der Waals surface area (Å²) in [5.41, 5.74) is 3.49. The van der Waals surface area contributed by atoms with E-state index >= 15 is 0 Å². The van der Waals surface area contributed by atoms with Crippen molar-refractivity contribution in [1.82, 2.24) is 10.4 Å². The number of hydrogen-bond acceptors (Lipinski definition) is 5. The molecule has 1 fully saturated rings. The number of ether oxygens (including phenoxy) is 1. The van der Waals surface area contributed by atoms with Gasteiger partial charge in [0.1, 0.15) is 11.6 Å². The molecule has 1 amide bonds. The highest BCUT2D eigenvalue weighted by atomic mass is 16.6. The minimum atomic E-state index is -0.582. The number of carbonyl (C=O) groups is 1. The average Bonchev–Trinajstić information content (AvgIpc) is 2.54. The Morgan fingerprint density at radius 2 is 2.04 bits per heavy atom. The van der Waals surface area contributed by atoms with E-state index < -0.39 is 17.7 Å². The summed E-state index contributed by atoms with van der Waals surface area (Å²) >= 11 is 0. The molecule has 1 aliphatic heterocycles. The second kappa shape index (κ2) is 8.13. The van der Waals surface area contributed by atoms with Crippen LogP contribution in [0.5, 0.6) is 0 Å². The maximum absolute atomic E-state index is 12.3. The van der Waals surface area contributed by atoms with Crippen LogP contribution in [0.15, 0.2) is 30.3 Å². The van der Waals surface area contributed by atoms with Crippen LogP contribution in [-0.2, 0) is 16.2 Å². The Balaban J connectivity index is 1.87. The number of hydroxylamine groups is 1. The fourth-order valence-corrected chi connectivity index (χ4v) is 2.54. The summed E-state index contributed by atoms with van der Waals surface area (Å²) in [5.74, 6) is 0. The lowest BCUT2D eigenvalue weighted by atomic mass is 10.0. The van der Waals surface area contributed by atoms with Gasteiger partial charge < -0.3 is 4.74 Å². The number of nitriles is 1. The standard InChI is InChI=1S/C18H25N3O3/c1-18(2,3)24-17(22)21-12-15(9-10-16(21)11-19)20-23-13-14-7-5-4-6-8-14/h4-8,15-16,20H,9-10,12-13H2,1-3H3/t15-,16+/m1/s1. The molecule has 0 spiro atoms. The summed E-state index contributed by atoms with van der Waals surface area (Å²) in [7, 11) is 0. The molecule has 1 aliphatic rings. The molecule has 0 saturated carbocycles. The van der Waals surface area contributed by atoms with Crippen molar-refractivity contribution in [2.24, 2.45) is 0 Å². The minimum absolute atomic E-state index is 0.0224. The second-order valence-electron chi connectivity index (χ2n) is 6.94. The number of benzene rings is 1. The predicted octanol–water partition coefficient (Wildman–Crippen LogP) is 3.00. The average molecular weight is 331 g/mol.